The smallest absolute Gasteiger partial charge is 0.315 e. The molecule has 0 saturated carbocycles. The Morgan fingerprint density at radius 2 is 2.06 bits per heavy atom. The van der Waals surface area contributed by atoms with E-state index in [2.05, 4.69) is 21.2 Å². The molecule has 17 heavy (non-hydrogen) atoms. The molecule has 0 aliphatic rings. The van der Waals surface area contributed by atoms with Crippen LogP contribution in [0.25, 0.3) is 0 Å². The van der Waals surface area contributed by atoms with E-state index in [4.69, 9.17) is 5.11 Å². The fourth-order valence-corrected chi connectivity index (χ4v) is 1.77. The van der Waals surface area contributed by atoms with Gasteiger partial charge in [0.15, 0.2) is 0 Å². The summed E-state index contributed by atoms with van der Waals surface area (Å²) in [6, 6.07) is 7.72. The zero-order valence-electron chi connectivity index (χ0n) is 9.44. The predicted octanol–water partition coefficient (Wildman–Crippen LogP) is 1.83. The molecule has 2 N–H and O–H groups in total. The molecule has 1 aromatic carbocycles. The summed E-state index contributed by atoms with van der Waals surface area (Å²) in [4.78, 5) is 21.9. The van der Waals surface area contributed by atoms with Crippen LogP contribution < -0.4 is 5.32 Å². The Bertz CT molecular complexity index is 420. The van der Waals surface area contributed by atoms with E-state index in [1.54, 1.807) is 0 Å². The molecule has 4 nitrogen and oxygen atoms in total. The zero-order valence-corrected chi connectivity index (χ0v) is 11.0. The van der Waals surface area contributed by atoms with E-state index in [1.165, 1.54) is 6.92 Å². The van der Waals surface area contributed by atoms with E-state index in [9.17, 15) is 9.59 Å². The third-order valence-corrected chi connectivity index (χ3v) is 3.19. The number of rotatable bonds is 5. The van der Waals surface area contributed by atoms with Gasteiger partial charge in [-0.2, -0.15) is 0 Å². The molecule has 92 valence electrons. The van der Waals surface area contributed by atoms with Crippen molar-refractivity contribution < 1.29 is 14.7 Å². The summed E-state index contributed by atoms with van der Waals surface area (Å²) in [6.45, 7) is 1.80. The first-order valence-corrected chi connectivity index (χ1v) is 6.05. The lowest BCUT2D eigenvalue weighted by Gasteiger charge is -2.09. The number of carbonyl (C=O) groups is 2. The SMILES string of the molecule is CC(C(=O)O)C(=O)NCCc1ccccc1Br. The molecule has 0 aliphatic carbocycles. The molecular weight excluding hydrogens is 286 g/mol. The minimum absolute atomic E-state index is 0.430. The highest BCUT2D eigenvalue weighted by molar-refractivity contribution is 9.10. The Hall–Kier alpha value is -1.36. The van der Waals surface area contributed by atoms with Crippen LogP contribution in [0.1, 0.15) is 12.5 Å². The molecule has 1 rings (SSSR count). The van der Waals surface area contributed by atoms with Gasteiger partial charge in [-0.25, -0.2) is 0 Å². The lowest BCUT2D eigenvalue weighted by atomic mass is 10.1. The Morgan fingerprint density at radius 3 is 2.65 bits per heavy atom. The summed E-state index contributed by atoms with van der Waals surface area (Å²) in [7, 11) is 0. The fraction of sp³-hybridized carbons (Fsp3) is 0.333. The molecule has 0 radical (unpaired) electrons. The number of amides is 1. The number of carboxylic acid groups (broad SMARTS) is 1. The second-order valence-corrected chi connectivity index (χ2v) is 4.55. The van der Waals surface area contributed by atoms with Gasteiger partial charge in [-0.05, 0) is 25.0 Å². The van der Waals surface area contributed by atoms with Crippen LogP contribution in [0.3, 0.4) is 0 Å². The first-order chi connectivity index (χ1) is 8.02. The third-order valence-electron chi connectivity index (χ3n) is 2.42. The van der Waals surface area contributed by atoms with Gasteiger partial charge in [0.05, 0.1) is 0 Å². The van der Waals surface area contributed by atoms with E-state index < -0.39 is 17.8 Å². The molecule has 1 amide bonds. The number of hydrogen-bond donors (Lipinski definition) is 2. The standard InChI is InChI=1S/C12H14BrNO3/c1-8(12(16)17)11(15)14-7-6-9-4-2-3-5-10(9)13/h2-5,8H,6-7H2,1H3,(H,14,15)(H,16,17). The van der Waals surface area contributed by atoms with Crippen LogP contribution in [0.5, 0.6) is 0 Å². The average molecular weight is 300 g/mol. The monoisotopic (exact) mass is 299 g/mol. The number of nitrogens with one attached hydrogen (secondary N) is 1. The van der Waals surface area contributed by atoms with E-state index in [-0.39, 0.29) is 0 Å². The molecule has 0 aliphatic heterocycles. The van der Waals surface area contributed by atoms with E-state index in [1.807, 2.05) is 24.3 Å². The van der Waals surface area contributed by atoms with Crippen molar-refractivity contribution in [2.45, 2.75) is 13.3 Å². The van der Waals surface area contributed by atoms with Crippen molar-refractivity contribution in [1.82, 2.24) is 5.32 Å². The van der Waals surface area contributed by atoms with Gasteiger partial charge in [-0.3, -0.25) is 9.59 Å². The van der Waals surface area contributed by atoms with Crippen LogP contribution in [0.15, 0.2) is 28.7 Å². The maximum atomic E-state index is 11.4. The zero-order chi connectivity index (χ0) is 12.8. The van der Waals surface area contributed by atoms with Crippen LogP contribution >= 0.6 is 15.9 Å². The normalized spacial score (nSPS) is 11.9. The first kappa shape index (κ1) is 13.7. The predicted molar refractivity (Wildman–Crippen MR) is 67.7 cm³/mol. The molecule has 0 saturated heterocycles. The maximum absolute atomic E-state index is 11.4. The Morgan fingerprint density at radius 1 is 1.41 bits per heavy atom. The summed E-state index contributed by atoms with van der Waals surface area (Å²) in [5, 5.41) is 11.2. The summed E-state index contributed by atoms with van der Waals surface area (Å²) in [5.74, 6) is -2.57. The lowest BCUT2D eigenvalue weighted by Crippen LogP contribution is -2.34. The third kappa shape index (κ3) is 4.19. The van der Waals surface area contributed by atoms with Crippen molar-refractivity contribution in [3.63, 3.8) is 0 Å². The minimum Gasteiger partial charge on any atom is -0.481 e. The van der Waals surface area contributed by atoms with Crippen molar-refractivity contribution >= 4 is 27.8 Å². The molecule has 0 aromatic heterocycles. The summed E-state index contributed by atoms with van der Waals surface area (Å²) >= 11 is 3.41. The first-order valence-electron chi connectivity index (χ1n) is 5.26. The van der Waals surface area contributed by atoms with E-state index in [0.717, 1.165) is 10.0 Å². The molecule has 0 bridgehead atoms. The van der Waals surface area contributed by atoms with Gasteiger partial charge in [0, 0.05) is 11.0 Å². The van der Waals surface area contributed by atoms with Crippen LogP contribution in [0, 0.1) is 5.92 Å². The Labute approximate surface area is 108 Å². The van der Waals surface area contributed by atoms with Crippen LogP contribution in [-0.4, -0.2) is 23.5 Å². The number of carbonyl (C=O) groups excluding carboxylic acids is 1. The van der Waals surface area contributed by atoms with E-state index in [0.29, 0.717) is 13.0 Å². The summed E-state index contributed by atoms with van der Waals surface area (Å²) < 4.78 is 0.987. The number of hydrogen-bond acceptors (Lipinski definition) is 2. The molecule has 0 fully saturated rings. The summed E-state index contributed by atoms with van der Waals surface area (Å²) in [6.07, 6.45) is 0.666. The number of halogens is 1. The van der Waals surface area contributed by atoms with Crippen molar-refractivity contribution in [2.24, 2.45) is 5.92 Å². The van der Waals surface area contributed by atoms with Crippen LogP contribution in [0.2, 0.25) is 0 Å². The molecule has 0 spiro atoms. The number of benzene rings is 1. The van der Waals surface area contributed by atoms with Gasteiger partial charge in [0.25, 0.3) is 0 Å². The van der Waals surface area contributed by atoms with Gasteiger partial charge in [-0.15, -0.1) is 0 Å². The van der Waals surface area contributed by atoms with Crippen molar-refractivity contribution in [2.75, 3.05) is 6.54 Å². The van der Waals surface area contributed by atoms with Crippen molar-refractivity contribution in [1.29, 1.82) is 0 Å². The van der Waals surface area contributed by atoms with Gasteiger partial charge < -0.3 is 10.4 Å². The Kier molecular flexibility index (Phi) is 5.15. The highest BCUT2D eigenvalue weighted by Crippen LogP contribution is 2.15. The minimum atomic E-state index is -1.11. The average Bonchev–Trinajstić information content (AvgIpc) is 2.30. The molecular formula is C12H14BrNO3. The molecule has 5 heteroatoms. The van der Waals surface area contributed by atoms with Gasteiger partial charge in [0.2, 0.25) is 5.91 Å². The van der Waals surface area contributed by atoms with Crippen LogP contribution in [0.4, 0.5) is 0 Å². The second kappa shape index (κ2) is 6.39. The number of aliphatic carboxylic acids is 1. The fourth-order valence-electron chi connectivity index (χ4n) is 1.29. The molecule has 0 heterocycles. The molecule has 1 aromatic rings. The molecule has 1 unspecified atom stereocenters. The van der Waals surface area contributed by atoms with Gasteiger partial charge in [-0.1, -0.05) is 34.1 Å². The van der Waals surface area contributed by atoms with Crippen LogP contribution in [-0.2, 0) is 16.0 Å². The van der Waals surface area contributed by atoms with Gasteiger partial charge in [0.1, 0.15) is 5.92 Å². The lowest BCUT2D eigenvalue weighted by molar-refractivity contribution is -0.146. The maximum Gasteiger partial charge on any atom is 0.315 e. The quantitative estimate of drug-likeness (QED) is 0.815. The van der Waals surface area contributed by atoms with E-state index >= 15 is 0 Å². The second-order valence-electron chi connectivity index (χ2n) is 3.69. The van der Waals surface area contributed by atoms with Crippen molar-refractivity contribution in [3.05, 3.63) is 34.3 Å². The van der Waals surface area contributed by atoms with Crippen molar-refractivity contribution in [3.8, 4) is 0 Å². The Balaban J connectivity index is 2.41. The summed E-state index contributed by atoms with van der Waals surface area (Å²) in [5.41, 5.74) is 1.08. The number of carboxylic acids is 1. The highest BCUT2D eigenvalue weighted by atomic mass is 79.9. The highest BCUT2D eigenvalue weighted by Gasteiger charge is 2.19. The topological polar surface area (TPSA) is 66.4 Å². The largest absolute Gasteiger partial charge is 0.481 e. The van der Waals surface area contributed by atoms with Gasteiger partial charge >= 0.3 is 5.97 Å². The molecule has 1 atom stereocenters.